The maximum atomic E-state index is 11.9. The number of rotatable bonds is 5. The molecule has 5 nitrogen and oxygen atoms in total. The van der Waals surface area contributed by atoms with Crippen molar-refractivity contribution in [3.63, 3.8) is 0 Å². The first-order valence-electron chi connectivity index (χ1n) is 5.00. The molecule has 0 atom stereocenters. The van der Waals surface area contributed by atoms with Gasteiger partial charge in [-0.15, -0.1) is 0 Å². The molecule has 0 aliphatic heterocycles. The van der Waals surface area contributed by atoms with Gasteiger partial charge in [-0.25, -0.2) is 13.2 Å². The fourth-order valence-electron chi connectivity index (χ4n) is 1.23. The van der Waals surface area contributed by atoms with Crippen LogP contribution >= 0.6 is 0 Å². The molecule has 0 fully saturated rings. The molecule has 0 bridgehead atoms. The number of sulfonamides is 1. The van der Waals surface area contributed by atoms with Crippen molar-refractivity contribution in [1.29, 1.82) is 0 Å². The highest BCUT2D eigenvalue weighted by Gasteiger charge is 2.30. The van der Waals surface area contributed by atoms with E-state index >= 15 is 0 Å². The monoisotopic (exact) mass is 297 g/mol. The van der Waals surface area contributed by atoms with Crippen molar-refractivity contribution in [3.8, 4) is 0 Å². The molecule has 0 amide bonds. The minimum Gasteiger partial charge on any atom is -0.478 e. The zero-order chi connectivity index (χ0) is 14.7. The molecule has 9 heteroatoms. The fraction of sp³-hybridized carbons (Fsp3) is 0.300. The molecule has 0 aliphatic rings. The van der Waals surface area contributed by atoms with Crippen molar-refractivity contribution in [2.75, 3.05) is 10.5 Å². The Morgan fingerprint density at radius 2 is 1.84 bits per heavy atom. The standard InChI is InChI=1S/C10H10F3NO4S/c11-10(12,13)5-6-19(17,18)14-8-4-2-1-3-7(8)9(15)16/h1-4,14H,5-6H2,(H,15,16). The van der Waals surface area contributed by atoms with Crippen LogP contribution in [0.3, 0.4) is 0 Å². The first-order valence-corrected chi connectivity index (χ1v) is 6.65. The molecular formula is C10H10F3NO4S. The highest BCUT2D eigenvalue weighted by atomic mass is 32.2. The predicted octanol–water partition coefficient (Wildman–Crippen LogP) is 2.08. The maximum absolute atomic E-state index is 11.9. The largest absolute Gasteiger partial charge is 0.478 e. The van der Waals surface area contributed by atoms with Crippen LogP contribution in [0.4, 0.5) is 18.9 Å². The van der Waals surface area contributed by atoms with Gasteiger partial charge in [0.25, 0.3) is 0 Å². The van der Waals surface area contributed by atoms with Crippen molar-refractivity contribution in [2.24, 2.45) is 0 Å². The number of halogens is 3. The van der Waals surface area contributed by atoms with Gasteiger partial charge in [-0.2, -0.15) is 13.2 Å². The number of alkyl halides is 3. The topological polar surface area (TPSA) is 83.5 Å². The van der Waals surface area contributed by atoms with Crippen LogP contribution in [0, 0.1) is 0 Å². The Bertz CT molecular complexity index is 568. The molecule has 0 spiro atoms. The van der Waals surface area contributed by atoms with Crippen molar-refractivity contribution >= 4 is 21.7 Å². The summed E-state index contributed by atoms with van der Waals surface area (Å²) in [5.41, 5.74) is -0.602. The highest BCUT2D eigenvalue weighted by Crippen LogP contribution is 2.22. The smallest absolute Gasteiger partial charge is 0.390 e. The summed E-state index contributed by atoms with van der Waals surface area (Å²) in [6.45, 7) is 0. The lowest BCUT2D eigenvalue weighted by Gasteiger charge is -2.11. The van der Waals surface area contributed by atoms with E-state index in [2.05, 4.69) is 0 Å². The van der Waals surface area contributed by atoms with E-state index in [0.717, 1.165) is 12.1 Å². The van der Waals surface area contributed by atoms with Gasteiger partial charge in [0.2, 0.25) is 10.0 Å². The minimum absolute atomic E-state index is 0.267. The van der Waals surface area contributed by atoms with Gasteiger partial charge in [0.1, 0.15) is 0 Å². The average Bonchev–Trinajstić information content (AvgIpc) is 2.26. The summed E-state index contributed by atoms with van der Waals surface area (Å²) in [4.78, 5) is 10.8. The Hall–Kier alpha value is -1.77. The number of para-hydroxylation sites is 1. The number of benzene rings is 1. The van der Waals surface area contributed by atoms with Crippen molar-refractivity contribution in [2.45, 2.75) is 12.6 Å². The van der Waals surface area contributed by atoms with E-state index in [1.54, 1.807) is 0 Å². The third-order valence-corrected chi connectivity index (χ3v) is 3.35. The van der Waals surface area contributed by atoms with Gasteiger partial charge in [-0.1, -0.05) is 12.1 Å². The Morgan fingerprint density at radius 3 is 2.37 bits per heavy atom. The number of carbonyl (C=O) groups is 1. The van der Waals surface area contributed by atoms with Gasteiger partial charge in [0.05, 0.1) is 23.4 Å². The quantitative estimate of drug-likeness (QED) is 0.871. The molecule has 0 unspecified atom stereocenters. The van der Waals surface area contributed by atoms with Gasteiger partial charge in [-0.3, -0.25) is 4.72 Å². The summed E-state index contributed by atoms with van der Waals surface area (Å²) in [6.07, 6.45) is -6.10. The lowest BCUT2D eigenvalue weighted by Crippen LogP contribution is -2.22. The Balaban J connectivity index is 2.87. The maximum Gasteiger partial charge on any atom is 0.390 e. The van der Waals surface area contributed by atoms with E-state index in [-0.39, 0.29) is 11.3 Å². The van der Waals surface area contributed by atoms with Crippen LogP contribution in [-0.4, -0.2) is 31.4 Å². The number of carboxylic acid groups (broad SMARTS) is 1. The molecule has 0 aliphatic carbocycles. The van der Waals surface area contributed by atoms with E-state index in [4.69, 9.17) is 5.11 Å². The zero-order valence-corrected chi connectivity index (χ0v) is 10.3. The summed E-state index contributed by atoms with van der Waals surface area (Å²) in [6, 6.07) is 5.05. The van der Waals surface area contributed by atoms with Crippen LogP contribution in [-0.2, 0) is 10.0 Å². The highest BCUT2D eigenvalue weighted by molar-refractivity contribution is 7.92. The van der Waals surface area contributed by atoms with E-state index in [9.17, 15) is 26.4 Å². The molecule has 0 aromatic heterocycles. The van der Waals surface area contributed by atoms with E-state index in [0.29, 0.717) is 0 Å². The van der Waals surface area contributed by atoms with Crippen LogP contribution in [0.25, 0.3) is 0 Å². The van der Waals surface area contributed by atoms with Gasteiger partial charge in [0.15, 0.2) is 0 Å². The lowest BCUT2D eigenvalue weighted by atomic mass is 10.2. The van der Waals surface area contributed by atoms with Crippen molar-refractivity contribution in [3.05, 3.63) is 29.8 Å². The van der Waals surface area contributed by atoms with Gasteiger partial charge >= 0.3 is 12.1 Å². The third-order valence-electron chi connectivity index (χ3n) is 2.08. The van der Waals surface area contributed by atoms with Gasteiger partial charge in [0, 0.05) is 0 Å². The second-order valence-corrected chi connectivity index (χ2v) is 5.48. The number of aromatic carboxylic acids is 1. The third kappa shape index (κ3) is 5.16. The van der Waals surface area contributed by atoms with Crippen molar-refractivity contribution < 1.29 is 31.5 Å². The SMILES string of the molecule is O=C(O)c1ccccc1NS(=O)(=O)CCC(F)(F)F. The molecule has 0 heterocycles. The van der Waals surface area contributed by atoms with E-state index in [1.807, 2.05) is 4.72 Å². The molecular weight excluding hydrogens is 287 g/mol. The second-order valence-electron chi connectivity index (χ2n) is 3.64. The van der Waals surface area contributed by atoms with E-state index < -0.39 is 34.3 Å². The van der Waals surface area contributed by atoms with E-state index in [1.165, 1.54) is 12.1 Å². The molecule has 0 saturated heterocycles. The summed E-state index contributed by atoms with van der Waals surface area (Å²) in [5.74, 6) is -2.54. The number of hydrogen-bond acceptors (Lipinski definition) is 3. The zero-order valence-electron chi connectivity index (χ0n) is 9.44. The molecule has 106 valence electrons. The van der Waals surface area contributed by atoms with Crippen LogP contribution in [0.1, 0.15) is 16.8 Å². The molecule has 2 N–H and O–H groups in total. The number of carboxylic acids is 1. The van der Waals surface area contributed by atoms with Crippen molar-refractivity contribution in [1.82, 2.24) is 0 Å². The first-order chi connectivity index (χ1) is 8.61. The molecule has 1 aromatic carbocycles. The van der Waals surface area contributed by atoms with Crippen LogP contribution in [0.2, 0.25) is 0 Å². The summed E-state index contributed by atoms with van der Waals surface area (Å²) >= 11 is 0. The molecule has 0 radical (unpaired) electrons. The first kappa shape index (κ1) is 15.3. The Kier molecular flexibility index (Phi) is 4.40. The molecule has 1 aromatic rings. The Morgan fingerprint density at radius 1 is 1.26 bits per heavy atom. The number of hydrogen-bond donors (Lipinski definition) is 2. The summed E-state index contributed by atoms with van der Waals surface area (Å²) in [5, 5.41) is 8.81. The molecule has 19 heavy (non-hydrogen) atoms. The van der Waals surface area contributed by atoms with Crippen LogP contribution in [0.15, 0.2) is 24.3 Å². The summed E-state index contributed by atoms with van der Waals surface area (Å²) < 4.78 is 60.5. The van der Waals surface area contributed by atoms with Crippen LogP contribution in [0.5, 0.6) is 0 Å². The second kappa shape index (κ2) is 5.47. The normalized spacial score (nSPS) is 12.2. The van der Waals surface area contributed by atoms with Crippen LogP contribution < -0.4 is 4.72 Å². The molecule has 1 rings (SSSR count). The predicted molar refractivity (Wildman–Crippen MR) is 61.5 cm³/mol. The summed E-state index contributed by atoms with van der Waals surface area (Å²) in [7, 11) is -4.26. The number of anilines is 1. The van der Waals surface area contributed by atoms with Gasteiger partial charge < -0.3 is 5.11 Å². The minimum atomic E-state index is -4.60. The number of nitrogens with one attached hydrogen (secondary N) is 1. The molecule has 0 saturated carbocycles. The fourth-order valence-corrected chi connectivity index (χ4v) is 2.34. The Labute approximate surface area is 107 Å². The van der Waals surface area contributed by atoms with Gasteiger partial charge in [-0.05, 0) is 12.1 Å². The average molecular weight is 297 g/mol. The lowest BCUT2D eigenvalue weighted by molar-refractivity contribution is -0.129.